The number of anilines is 1. The van der Waals surface area contributed by atoms with Crippen LogP contribution >= 0.6 is 0 Å². The van der Waals surface area contributed by atoms with Crippen LogP contribution in [-0.4, -0.2) is 85.3 Å². The van der Waals surface area contributed by atoms with Crippen molar-refractivity contribution in [1.82, 2.24) is 19.4 Å². The summed E-state index contributed by atoms with van der Waals surface area (Å²) >= 11 is 0. The second-order valence-corrected chi connectivity index (χ2v) is 14.6. The number of carboxylic acid groups (broad SMARTS) is 2. The third kappa shape index (κ3) is 4.42. The molecule has 7 fully saturated rings. The minimum absolute atomic E-state index is 0.0949. The molecule has 1 aromatic heterocycles. The van der Waals surface area contributed by atoms with Crippen LogP contribution in [0.15, 0.2) is 29.1 Å². The summed E-state index contributed by atoms with van der Waals surface area (Å²) in [6.45, 7) is 1.20. The summed E-state index contributed by atoms with van der Waals surface area (Å²) in [5, 5.41) is 22.2. The highest BCUT2D eigenvalue weighted by molar-refractivity contribution is 5.81. The lowest BCUT2D eigenvalue weighted by Gasteiger charge is -2.58. The molecule has 4 heterocycles. The number of hydrogen-bond donors (Lipinski definition) is 3. The Morgan fingerprint density at radius 1 is 0.907 bits per heavy atom. The predicted octanol–water partition coefficient (Wildman–Crippen LogP) is 3.66. The van der Waals surface area contributed by atoms with Gasteiger partial charge in [0.05, 0.1) is 22.9 Å². The molecule has 230 valence electrons. The van der Waals surface area contributed by atoms with Gasteiger partial charge in [0.25, 0.3) is 5.56 Å². The van der Waals surface area contributed by atoms with Gasteiger partial charge in [0.15, 0.2) is 5.82 Å². The van der Waals surface area contributed by atoms with Crippen molar-refractivity contribution in [3.8, 4) is 0 Å². The maximum atomic E-state index is 14.1. The van der Waals surface area contributed by atoms with Crippen molar-refractivity contribution in [3.05, 3.63) is 34.6 Å². The van der Waals surface area contributed by atoms with Gasteiger partial charge in [-0.1, -0.05) is 18.6 Å². The van der Waals surface area contributed by atoms with Crippen LogP contribution in [0.2, 0.25) is 0 Å². The zero-order chi connectivity index (χ0) is 29.5. The Kier molecular flexibility index (Phi) is 6.60. The Bertz CT molecular complexity index is 1460. The third-order valence-electron chi connectivity index (χ3n) is 12.3. The number of rotatable bonds is 8. The Morgan fingerprint density at radius 2 is 1.56 bits per heavy atom. The van der Waals surface area contributed by atoms with Crippen molar-refractivity contribution < 1.29 is 19.8 Å². The number of piperidine rings is 2. The predicted molar refractivity (Wildman–Crippen MR) is 161 cm³/mol. The average Bonchev–Trinajstić information content (AvgIpc) is 3.59. The van der Waals surface area contributed by atoms with Gasteiger partial charge in [-0.2, -0.15) is 0 Å². The van der Waals surface area contributed by atoms with Crippen molar-refractivity contribution in [2.45, 2.75) is 87.9 Å². The molecule has 3 saturated heterocycles. The fourth-order valence-electron chi connectivity index (χ4n) is 11.0. The molecule has 10 nitrogen and oxygen atoms in total. The van der Waals surface area contributed by atoms with Crippen LogP contribution in [0.3, 0.4) is 0 Å². The molecule has 2 unspecified atom stereocenters. The Balaban J connectivity index is 1.04. The number of carbonyl (C=O) groups is 2. The SMILES string of the molecule is O=C(O)[C@@H]1CN(CCNc2nc3ccccc3n([C@H]3C[C@H]4CCC[C@@H](C3)N4C34CC5CC(CC3C5)C4)c2=O)C[C@H]1C(=O)O. The van der Waals surface area contributed by atoms with Crippen LogP contribution in [0.1, 0.15) is 70.3 Å². The first-order valence-corrected chi connectivity index (χ1v) is 16.5. The van der Waals surface area contributed by atoms with Gasteiger partial charge in [-0.3, -0.25) is 24.2 Å². The van der Waals surface area contributed by atoms with E-state index in [1.807, 2.05) is 33.7 Å². The van der Waals surface area contributed by atoms with Crippen LogP contribution in [0.5, 0.6) is 0 Å². The second-order valence-electron chi connectivity index (χ2n) is 14.6. The summed E-state index contributed by atoms with van der Waals surface area (Å²) in [4.78, 5) is 46.9. The largest absolute Gasteiger partial charge is 0.481 e. The van der Waals surface area contributed by atoms with Crippen molar-refractivity contribution in [3.63, 3.8) is 0 Å². The Morgan fingerprint density at radius 3 is 2.21 bits per heavy atom. The molecule has 6 bridgehead atoms. The van der Waals surface area contributed by atoms with Gasteiger partial charge in [0, 0.05) is 49.8 Å². The first kappa shape index (κ1) is 27.6. The minimum atomic E-state index is -1.08. The smallest absolute Gasteiger partial charge is 0.308 e. The van der Waals surface area contributed by atoms with Crippen molar-refractivity contribution in [1.29, 1.82) is 0 Å². The Labute approximate surface area is 251 Å². The van der Waals surface area contributed by atoms with Gasteiger partial charge in [0.2, 0.25) is 0 Å². The standard InChI is InChI=1S/C33H43N5O5/c39-30-29(34-8-9-36-17-25(31(40)41)26(18-36)32(42)43)35-27-6-1-2-7-28(27)37(30)24-13-22-4-3-5-23(14-24)38(22)33-15-19-10-20(16-33)12-21(33)11-19/h1-2,6-7,19-26H,3-5,8-18H2,(H,34,35)(H,40,41)(H,42,43)/t19?,20?,21?,22-,23+,24+,25-,26-,33?/m1/s1. The molecule has 0 amide bonds. The van der Waals surface area contributed by atoms with E-state index in [9.17, 15) is 24.6 Å². The fraction of sp³-hybridized carbons (Fsp3) is 0.697. The van der Waals surface area contributed by atoms with E-state index < -0.39 is 23.8 Å². The first-order chi connectivity index (χ1) is 20.8. The number of likely N-dealkylation sites (tertiary alicyclic amines) is 1. The molecule has 7 atom stereocenters. The van der Waals surface area contributed by atoms with Crippen molar-refractivity contribution >= 4 is 28.8 Å². The lowest BCUT2D eigenvalue weighted by Crippen LogP contribution is -2.63. The van der Waals surface area contributed by atoms with E-state index in [-0.39, 0.29) is 24.7 Å². The molecule has 7 aliphatic rings. The molecule has 4 saturated carbocycles. The number of para-hydroxylation sites is 2. The van der Waals surface area contributed by atoms with Crippen LogP contribution in [0, 0.1) is 29.6 Å². The van der Waals surface area contributed by atoms with Crippen LogP contribution < -0.4 is 10.9 Å². The second kappa shape index (κ2) is 10.3. The molecule has 9 rings (SSSR count). The quantitative estimate of drug-likeness (QED) is 0.423. The lowest BCUT2D eigenvalue weighted by atomic mass is 9.73. The molecule has 0 radical (unpaired) electrons. The number of carboxylic acids is 2. The number of benzene rings is 1. The molecule has 2 aromatic rings. The highest BCUT2D eigenvalue weighted by Gasteiger charge is 2.63. The van der Waals surface area contributed by atoms with Crippen LogP contribution in [-0.2, 0) is 9.59 Å². The van der Waals surface area contributed by atoms with E-state index in [4.69, 9.17) is 4.98 Å². The van der Waals surface area contributed by atoms with Gasteiger partial charge in [-0.15, -0.1) is 0 Å². The summed E-state index contributed by atoms with van der Waals surface area (Å²) in [6, 6.07) is 9.13. The van der Waals surface area contributed by atoms with Gasteiger partial charge in [0.1, 0.15) is 0 Å². The number of nitrogens with one attached hydrogen (secondary N) is 1. The molecule has 4 aliphatic carbocycles. The molecular formula is C33H43N5O5. The van der Waals surface area contributed by atoms with E-state index in [0.29, 0.717) is 36.5 Å². The van der Waals surface area contributed by atoms with Crippen LogP contribution in [0.4, 0.5) is 5.82 Å². The maximum Gasteiger partial charge on any atom is 0.308 e. The lowest BCUT2D eigenvalue weighted by molar-refractivity contribution is -0.151. The Hall–Kier alpha value is -2.98. The number of aromatic nitrogens is 2. The number of nitrogens with zero attached hydrogens (tertiary/aromatic N) is 4. The fourth-order valence-corrected chi connectivity index (χ4v) is 11.0. The highest BCUT2D eigenvalue weighted by Crippen LogP contribution is 2.65. The summed E-state index contributed by atoms with van der Waals surface area (Å²) in [7, 11) is 0. The summed E-state index contributed by atoms with van der Waals surface area (Å²) < 4.78 is 2.03. The molecule has 1 aromatic carbocycles. The normalized spacial score (nSPS) is 38.6. The zero-order valence-corrected chi connectivity index (χ0v) is 24.7. The van der Waals surface area contributed by atoms with E-state index in [1.165, 1.54) is 51.4 Å². The molecular weight excluding hydrogens is 546 g/mol. The van der Waals surface area contributed by atoms with Gasteiger partial charge in [-0.25, -0.2) is 4.98 Å². The molecule has 3 aliphatic heterocycles. The first-order valence-electron chi connectivity index (χ1n) is 16.5. The van der Waals surface area contributed by atoms with Gasteiger partial charge in [-0.05, 0) is 87.7 Å². The van der Waals surface area contributed by atoms with Crippen LogP contribution in [0.25, 0.3) is 11.0 Å². The summed E-state index contributed by atoms with van der Waals surface area (Å²) in [6.07, 6.45) is 12.9. The minimum Gasteiger partial charge on any atom is -0.481 e. The molecule has 3 N–H and O–H groups in total. The number of hydrogen-bond acceptors (Lipinski definition) is 7. The van der Waals surface area contributed by atoms with E-state index in [1.54, 1.807) is 0 Å². The van der Waals surface area contributed by atoms with Crippen molar-refractivity contribution in [2.75, 3.05) is 31.5 Å². The van der Waals surface area contributed by atoms with E-state index in [2.05, 4.69) is 10.2 Å². The van der Waals surface area contributed by atoms with Gasteiger partial charge >= 0.3 is 11.9 Å². The zero-order valence-electron chi connectivity index (χ0n) is 24.7. The summed E-state index contributed by atoms with van der Waals surface area (Å²) in [5.41, 5.74) is 2.01. The third-order valence-corrected chi connectivity index (χ3v) is 12.3. The van der Waals surface area contributed by atoms with E-state index in [0.717, 1.165) is 41.6 Å². The monoisotopic (exact) mass is 589 g/mol. The highest BCUT2D eigenvalue weighted by atomic mass is 16.4. The number of fused-ring (bicyclic) bond motifs is 3. The molecule has 10 heteroatoms. The van der Waals surface area contributed by atoms with E-state index >= 15 is 0 Å². The number of aliphatic carboxylic acids is 2. The summed E-state index contributed by atoms with van der Waals surface area (Å²) in [5.74, 6) is -0.940. The molecule has 0 spiro atoms. The average molecular weight is 590 g/mol. The maximum absolute atomic E-state index is 14.1. The topological polar surface area (TPSA) is 128 Å². The van der Waals surface area contributed by atoms with Gasteiger partial charge < -0.3 is 20.1 Å². The van der Waals surface area contributed by atoms with Crippen molar-refractivity contribution in [2.24, 2.45) is 29.6 Å². The molecule has 43 heavy (non-hydrogen) atoms.